The number of hydrogen-bond acceptors (Lipinski definition) is 4. The molecule has 5 heteroatoms. The third-order valence-electron chi connectivity index (χ3n) is 4.00. The van der Waals surface area contributed by atoms with Gasteiger partial charge in [-0.1, -0.05) is 18.2 Å². The Kier molecular flexibility index (Phi) is 7.45. The Hall–Kier alpha value is -2.56. The van der Waals surface area contributed by atoms with Gasteiger partial charge in [0.1, 0.15) is 12.4 Å². The summed E-state index contributed by atoms with van der Waals surface area (Å²) < 4.78 is 30.3. The second-order valence-corrected chi connectivity index (χ2v) is 5.83. The minimum atomic E-state index is -0.440. The number of ether oxygens (including phenoxy) is 3. The van der Waals surface area contributed by atoms with Crippen LogP contribution in [0.15, 0.2) is 36.4 Å². The summed E-state index contributed by atoms with van der Waals surface area (Å²) in [6.07, 6.45) is 0.669. The smallest absolute Gasteiger partial charge is 0.306 e. The number of carbonyl (C=O) groups excluding carboxylic acids is 1. The molecule has 0 saturated heterocycles. The summed E-state index contributed by atoms with van der Waals surface area (Å²) in [7, 11) is 0. The van der Waals surface area contributed by atoms with Gasteiger partial charge in [-0.15, -0.1) is 0 Å². The molecule has 0 amide bonds. The SMILES string of the molecule is CCOC(=O)CCc1ccc(OCc2cccc(OCC)c2C)c(F)c1. The van der Waals surface area contributed by atoms with Crippen LogP contribution in [-0.2, 0) is 22.6 Å². The van der Waals surface area contributed by atoms with Crippen LogP contribution in [0.25, 0.3) is 0 Å². The van der Waals surface area contributed by atoms with Crippen LogP contribution in [0.5, 0.6) is 11.5 Å². The molecule has 0 heterocycles. The number of benzene rings is 2. The lowest BCUT2D eigenvalue weighted by atomic mass is 10.1. The fourth-order valence-corrected chi connectivity index (χ4v) is 2.58. The van der Waals surface area contributed by atoms with Gasteiger partial charge in [0, 0.05) is 6.42 Å². The Balaban J connectivity index is 1.98. The molecule has 0 spiro atoms. The molecule has 0 unspecified atom stereocenters. The topological polar surface area (TPSA) is 44.8 Å². The van der Waals surface area contributed by atoms with Crippen molar-refractivity contribution in [2.45, 2.75) is 40.2 Å². The van der Waals surface area contributed by atoms with E-state index in [0.717, 1.165) is 22.4 Å². The van der Waals surface area contributed by atoms with Crippen molar-refractivity contribution in [1.82, 2.24) is 0 Å². The third kappa shape index (κ3) is 5.48. The first-order valence-corrected chi connectivity index (χ1v) is 8.83. The molecule has 0 aliphatic heterocycles. The van der Waals surface area contributed by atoms with E-state index in [4.69, 9.17) is 14.2 Å². The van der Waals surface area contributed by atoms with Crippen molar-refractivity contribution in [1.29, 1.82) is 0 Å². The number of carbonyl (C=O) groups is 1. The minimum absolute atomic E-state index is 0.186. The fourth-order valence-electron chi connectivity index (χ4n) is 2.58. The maximum atomic E-state index is 14.3. The molecule has 2 aromatic carbocycles. The van der Waals surface area contributed by atoms with Gasteiger partial charge in [-0.25, -0.2) is 4.39 Å². The Morgan fingerprint density at radius 3 is 2.54 bits per heavy atom. The molecule has 0 N–H and O–H groups in total. The summed E-state index contributed by atoms with van der Waals surface area (Å²) >= 11 is 0. The highest BCUT2D eigenvalue weighted by atomic mass is 19.1. The largest absolute Gasteiger partial charge is 0.494 e. The molecular formula is C21H25FO4. The van der Waals surface area contributed by atoms with Crippen molar-refractivity contribution in [3.05, 3.63) is 58.9 Å². The third-order valence-corrected chi connectivity index (χ3v) is 4.00. The van der Waals surface area contributed by atoms with E-state index < -0.39 is 5.82 Å². The van der Waals surface area contributed by atoms with E-state index in [9.17, 15) is 9.18 Å². The van der Waals surface area contributed by atoms with Gasteiger partial charge in [0.15, 0.2) is 11.6 Å². The maximum Gasteiger partial charge on any atom is 0.306 e. The van der Waals surface area contributed by atoms with E-state index in [1.54, 1.807) is 19.1 Å². The van der Waals surface area contributed by atoms with Gasteiger partial charge in [0.25, 0.3) is 0 Å². The molecule has 0 fully saturated rings. The molecular weight excluding hydrogens is 335 g/mol. The maximum absolute atomic E-state index is 14.3. The van der Waals surface area contributed by atoms with E-state index in [1.807, 2.05) is 32.0 Å². The van der Waals surface area contributed by atoms with Gasteiger partial charge < -0.3 is 14.2 Å². The first-order valence-electron chi connectivity index (χ1n) is 8.83. The lowest BCUT2D eigenvalue weighted by Gasteiger charge is -2.13. The highest BCUT2D eigenvalue weighted by molar-refractivity contribution is 5.69. The van der Waals surface area contributed by atoms with Gasteiger partial charge >= 0.3 is 5.97 Å². The zero-order valence-electron chi connectivity index (χ0n) is 15.5. The van der Waals surface area contributed by atoms with Crippen molar-refractivity contribution in [3.63, 3.8) is 0 Å². The van der Waals surface area contributed by atoms with Crippen molar-refractivity contribution >= 4 is 5.97 Å². The van der Waals surface area contributed by atoms with Gasteiger partial charge in [-0.2, -0.15) is 0 Å². The standard InChI is InChI=1S/C21H25FO4/c1-4-24-19-8-6-7-17(15(19)3)14-26-20-11-9-16(13-18(20)22)10-12-21(23)25-5-2/h6-9,11,13H,4-5,10,12,14H2,1-3H3. The lowest BCUT2D eigenvalue weighted by molar-refractivity contribution is -0.143. The normalized spacial score (nSPS) is 10.5. The van der Waals surface area contributed by atoms with Gasteiger partial charge in [-0.05, 0) is 62.1 Å². The summed E-state index contributed by atoms with van der Waals surface area (Å²) in [6, 6.07) is 10.5. The number of hydrogen-bond donors (Lipinski definition) is 0. The summed E-state index contributed by atoms with van der Waals surface area (Å²) in [5, 5.41) is 0. The van der Waals surface area contributed by atoms with E-state index in [-0.39, 0.29) is 24.7 Å². The second-order valence-electron chi connectivity index (χ2n) is 5.83. The molecule has 0 bridgehead atoms. The number of aryl methyl sites for hydroxylation is 1. The molecule has 2 aromatic rings. The summed E-state index contributed by atoms with van der Waals surface area (Å²) in [5.41, 5.74) is 2.67. The van der Waals surface area contributed by atoms with Crippen LogP contribution in [0, 0.1) is 12.7 Å². The first-order chi connectivity index (χ1) is 12.5. The first kappa shape index (κ1) is 19.8. The van der Waals surface area contributed by atoms with Crippen molar-refractivity contribution < 1.29 is 23.4 Å². The van der Waals surface area contributed by atoms with Gasteiger partial charge in [0.05, 0.1) is 13.2 Å². The Morgan fingerprint density at radius 1 is 1.04 bits per heavy atom. The monoisotopic (exact) mass is 360 g/mol. The number of esters is 1. The van der Waals surface area contributed by atoms with Crippen LogP contribution in [0.3, 0.4) is 0 Å². The molecule has 0 radical (unpaired) electrons. The zero-order chi connectivity index (χ0) is 18.9. The Morgan fingerprint density at radius 2 is 1.85 bits per heavy atom. The van der Waals surface area contributed by atoms with Crippen molar-refractivity contribution in [2.75, 3.05) is 13.2 Å². The quantitative estimate of drug-likeness (QED) is 0.613. The van der Waals surface area contributed by atoms with Crippen molar-refractivity contribution in [3.8, 4) is 11.5 Å². The Labute approximate surface area is 153 Å². The van der Waals surface area contributed by atoms with Crippen LogP contribution in [0.2, 0.25) is 0 Å². The van der Waals surface area contributed by atoms with Crippen LogP contribution < -0.4 is 9.47 Å². The average Bonchev–Trinajstić information content (AvgIpc) is 2.62. The molecule has 0 aromatic heterocycles. The highest BCUT2D eigenvalue weighted by Gasteiger charge is 2.10. The molecule has 2 rings (SSSR count). The van der Waals surface area contributed by atoms with Crippen LogP contribution in [-0.4, -0.2) is 19.2 Å². The number of halogens is 1. The molecule has 4 nitrogen and oxygen atoms in total. The summed E-state index contributed by atoms with van der Waals surface area (Å²) in [5.74, 6) is 0.275. The van der Waals surface area contributed by atoms with E-state index in [0.29, 0.717) is 19.6 Å². The Bertz CT molecular complexity index is 743. The predicted octanol–water partition coefficient (Wildman–Crippen LogP) is 4.61. The summed E-state index contributed by atoms with van der Waals surface area (Å²) in [4.78, 5) is 11.4. The molecule has 0 saturated carbocycles. The highest BCUT2D eigenvalue weighted by Crippen LogP contribution is 2.25. The number of rotatable bonds is 9. The van der Waals surface area contributed by atoms with Crippen LogP contribution in [0.1, 0.15) is 37.0 Å². The molecule has 0 aliphatic rings. The van der Waals surface area contributed by atoms with Gasteiger partial charge in [0.2, 0.25) is 0 Å². The van der Waals surface area contributed by atoms with Gasteiger partial charge in [-0.3, -0.25) is 4.79 Å². The predicted molar refractivity (Wildman–Crippen MR) is 98.0 cm³/mol. The van der Waals surface area contributed by atoms with E-state index in [2.05, 4.69) is 0 Å². The molecule has 0 atom stereocenters. The van der Waals surface area contributed by atoms with Crippen molar-refractivity contribution in [2.24, 2.45) is 0 Å². The van der Waals surface area contributed by atoms with E-state index >= 15 is 0 Å². The minimum Gasteiger partial charge on any atom is -0.494 e. The van der Waals surface area contributed by atoms with Crippen LogP contribution in [0.4, 0.5) is 4.39 Å². The molecule has 0 aliphatic carbocycles. The average molecular weight is 360 g/mol. The fraction of sp³-hybridized carbons (Fsp3) is 0.381. The molecule has 140 valence electrons. The lowest BCUT2D eigenvalue weighted by Crippen LogP contribution is -2.05. The second kappa shape index (κ2) is 9.80. The zero-order valence-corrected chi connectivity index (χ0v) is 15.5. The van der Waals surface area contributed by atoms with Crippen LogP contribution >= 0.6 is 0 Å². The van der Waals surface area contributed by atoms with E-state index in [1.165, 1.54) is 6.07 Å². The summed E-state index contributed by atoms with van der Waals surface area (Å²) in [6.45, 7) is 6.85. The molecule has 26 heavy (non-hydrogen) atoms.